The molecule has 3 rings (SSSR count). The predicted octanol–water partition coefficient (Wildman–Crippen LogP) is 5.78. The van der Waals surface area contributed by atoms with Gasteiger partial charge in [-0.2, -0.15) is 0 Å². The van der Waals surface area contributed by atoms with E-state index in [1.54, 1.807) is 13.4 Å². The van der Waals surface area contributed by atoms with Crippen molar-refractivity contribution in [1.29, 1.82) is 0 Å². The van der Waals surface area contributed by atoms with Gasteiger partial charge in [-0.3, -0.25) is 0 Å². The van der Waals surface area contributed by atoms with Gasteiger partial charge < -0.3 is 4.74 Å². The second kappa shape index (κ2) is 6.02. The van der Waals surface area contributed by atoms with Gasteiger partial charge in [-0.05, 0) is 34.0 Å². The van der Waals surface area contributed by atoms with E-state index >= 15 is 0 Å². The third kappa shape index (κ3) is 2.65. The molecule has 3 aromatic rings. The molecule has 0 fully saturated rings. The minimum Gasteiger partial charge on any atom is -0.504 e. The van der Waals surface area contributed by atoms with Crippen molar-refractivity contribution in [1.82, 2.24) is 0 Å². The van der Waals surface area contributed by atoms with Crippen molar-refractivity contribution >= 4 is 28.4 Å². The lowest BCUT2D eigenvalue weighted by atomic mass is 9.94. The molecule has 3 aromatic carbocycles. The van der Waals surface area contributed by atoms with E-state index in [4.69, 9.17) is 16.3 Å². The van der Waals surface area contributed by atoms with Crippen molar-refractivity contribution in [3.63, 3.8) is 0 Å². The molecule has 0 saturated carbocycles. The highest BCUT2D eigenvalue weighted by Crippen LogP contribution is 2.34. The normalized spacial score (nSPS) is 11.1. The van der Waals surface area contributed by atoms with Crippen molar-refractivity contribution in [2.24, 2.45) is 0 Å². The zero-order valence-corrected chi connectivity index (χ0v) is 12.5. The van der Waals surface area contributed by atoms with Crippen LogP contribution in [0, 0.1) is 0 Å². The monoisotopic (exact) mass is 294 g/mol. The predicted molar refractivity (Wildman–Crippen MR) is 90.4 cm³/mol. The van der Waals surface area contributed by atoms with Gasteiger partial charge in [-0.15, -0.1) is 0 Å². The summed E-state index contributed by atoms with van der Waals surface area (Å²) in [5.41, 5.74) is 3.25. The highest BCUT2D eigenvalue weighted by Gasteiger charge is 2.09. The average Bonchev–Trinajstić information content (AvgIpc) is 2.53. The number of benzene rings is 3. The molecule has 0 saturated heterocycles. The minimum absolute atomic E-state index is 0.716. The van der Waals surface area contributed by atoms with Gasteiger partial charge in [0.1, 0.15) is 0 Å². The van der Waals surface area contributed by atoms with E-state index in [9.17, 15) is 0 Å². The summed E-state index contributed by atoms with van der Waals surface area (Å²) in [6.07, 6.45) is 3.55. The fourth-order valence-corrected chi connectivity index (χ4v) is 2.78. The van der Waals surface area contributed by atoms with Crippen LogP contribution in [0.1, 0.15) is 5.56 Å². The second-order valence-corrected chi connectivity index (χ2v) is 5.17. The first kappa shape index (κ1) is 13.7. The Kier molecular flexibility index (Phi) is 3.94. The topological polar surface area (TPSA) is 9.23 Å². The second-order valence-electron chi connectivity index (χ2n) is 4.77. The van der Waals surface area contributed by atoms with E-state index in [1.165, 1.54) is 16.3 Å². The number of fused-ring (bicyclic) bond motifs is 1. The lowest BCUT2D eigenvalue weighted by Gasteiger charge is -2.11. The molecule has 21 heavy (non-hydrogen) atoms. The summed E-state index contributed by atoms with van der Waals surface area (Å²) in [7, 11) is 1.63. The van der Waals surface area contributed by atoms with Crippen LogP contribution in [-0.2, 0) is 4.74 Å². The van der Waals surface area contributed by atoms with Crippen molar-refractivity contribution in [3.05, 3.63) is 77.5 Å². The summed E-state index contributed by atoms with van der Waals surface area (Å²) in [4.78, 5) is 0. The number of halogens is 1. The maximum absolute atomic E-state index is 6.36. The highest BCUT2D eigenvalue weighted by molar-refractivity contribution is 6.32. The number of hydrogen-bond acceptors (Lipinski definition) is 1. The summed E-state index contributed by atoms with van der Waals surface area (Å²) >= 11 is 6.36. The molecule has 0 unspecified atom stereocenters. The summed E-state index contributed by atoms with van der Waals surface area (Å²) in [5, 5.41) is 3.15. The molecule has 0 amide bonds. The summed E-state index contributed by atoms with van der Waals surface area (Å²) < 4.78 is 5.04. The molecule has 0 heterocycles. The Bertz CT molecular complexity index is 800. The van der Waals surface area contributed by atoms with E-state index in [2.05, 4.69) is 48.5 Å². The Labute approximate surface area is 129 Å². The summed E-state index contributed by atoms with van der Waals surface area (Å²) in [6, 6.07) is 20.6. The molecular formula is C19H15ClO. The van der Waals surface area contributed by atoms with Crippen molar-refractivity contribution in [3.8, 4) is 11.1 Å². The minimum atomic E-state index is 0.716. The molecular weight excluding hydrogens is 280 g/mol. The van der Waals surface area contributed by atoms with Gasteiger partial charge in [-0.25, -0.2) is 0 Å². The van der Waals surface area contributed by atoms with Crippen LogP contribution in [0.25, 0.3) is 28.0 Å². The first-order chi connectivity index (χ1) is 10.3. The first-order valence-electron chi connectivity index (χ1n) is 6.77. The van der Waals surface area contributed by atoms with Crippen molar-refractivity contribution in [2.75, 3.05) is 7.11 Å². The highest BCUT2D eigenvalue weighted by atomic mass is 35.5. The van der Waals surface area contributed by atoms with Crippen LogP contribution in [0.2, 0.25) is 5.02 Å². The number of methoxy groups -OCH3 is 1. The van der Waals surface area contributed by atoms with Crippen molar-refractivity contribution in [2.45, 2.75) is 0 Å². The Morgan fingerprint density at radius 3 is 2.43 bits per heavy atom. The van der Waals surface area contributed by atoms with E-state index in [0.717, 1.165) is 11.1 Å². The van der Waals surface area contributed by atoms with Crippen LogP contribution in [0.15, 0.2) is 66.9 Å². The van der Waals surface area contributed by atoms with Crippen molar-refractivity contribution < 1.29 is 4.74 Å². The van der Waals surface area contributed by atoms with Gasteiger partial charge in [0.15, 0.2) is 0 Å². The summed E-state index contributed by atoms with van der Waals surface area (Å²) in [6.45, 7) is 0. The maximum atomic E-state index is 6.36. The van der Waals surface area contributed by atoms with E-state index in [0.29, 0.717) is 5.02 Å². The molecule has 104 valence electrons. The smallest absolute Gasteiger partial charge is 0.0831 e. The number of ether oxygens (including phenoxy) is 1. The van der Waals surface area contributed by atoms with Crippen LogP contribution in [0.3, 0.4) is 0 Å². The van der Waals surface area contributed by atoms with Crippen LogP contribution in [0.5, 0.6) is 0 Å². The van der Waals surface area contributed by atoms with Crippen LogP contribution < -0.4 is 0 Å². The van der Waals surface area contributed by atoms with Gasteiger partial charge >= 0.3 is 0 Å². The first-order valence-corrected chi connectivity index (χ1v) is 7.15. The third-order valence-electron chi connectivity index (χ3n) is 3.50. The molecule has 2 heteroatoms. The fourth-order valence-electron chi connectivity index (χ4n) is 2.54. The van der Waals surface area contributed by atoms with Gasteiger partial charge in [0.05, 0.1) is 13.4 Å². The molecule has 0 aliphatic rings. The standard InChI is InChI=1S/C19H15ClO/c1-21-13-12-18-17(10-5-11-19(18)20)16-9-4-7-14-6-2-3-8-15(14)16/h2-13H,1H3. The lowest BCUT2D eigenvalue weighted by molar-refractivity contribution is 0.341. The Morgan fingerprint density at radius 2 is 1.57 bits per heavy atom. The van der Waals surface area contributed by atoms with Crippen LogP contribution in [-0.4, -0.2) is 7.11 Å². The SMILES string of the molecule is COC=Cc1c(Cl)cccc1-c1cccc2ccccc12. The molecule has 0 aliphatic carbocycles. The maximum Gasteiger partial charge on any atom is 0.0831 e. The van der Waals surface area contributed by atoms with Gasteiger partial charge in [0, 0.05) is 10.6 Å². The van der Waals surface area contributed by atoms with E-state index < -0.39 is 0 Å². The fraction of sp³-hybridized carbons (Fsp3) is 0.0526. The average molecular weight is 295 g/mol. The summed E-state index contributed by atoms with van der Waals surface area (Å²) in [5.74, 6) is 0. The van der Waals surface area contributed by atoms with E-state index in [1.807, 2.05) is 18.2 Å². The van der Waals surface area contributed by atoms with Gasteiger partial charge in [0.25, 0.3) is 0 Å². The van der Waals surface area contributed by atoms with Crippen LogP contribution >= 0.6 is 11.6 Å². The van der Waals surface area contributed by atoms with E-state index in [-0.39, 0.29) is 0 Å². The molecule has 0 aliphatic heterocycles. The number of hydrogen-bond donors (Lipinski definition) is 0. The number of rotatable bonds is 3. The Balaban J connectivity index is 2.28. The molecule has 0 atom stereocenters. The lowest BCUT2D eigenvalue weighted by Crippen LogP contribution is -1.87. The Morgan fingerprint density at radius 1 is 0.857 bits per heavy atom. The molecule has 0 spiro atoms. The van der Waals surface area contributed by atoms with Gasteiger partial charge in [-0.1, -0.05) is 66.2 Å². The zero-order chi connectivity index (χ0) is 14.7. The van der Waals surface area contributed by atoms with Crippen LogP contribution in [0.4, 0.5) is 0 Å². The molecule has 1 nitrogen and oxygen atoms in total. The quantitative estimate of drug-likeness (QED) is 0.557. The molecule has 0 N–H and O–H groups in total. The Hall–Kier alpha value is -2.25. The van der Waals surface area contributed by atoms with Gasteiger partial charge in [0.2, 0.25) is 0 Å². The molecule has 0 aromatic heterocycles. The third-order valence-corrected chi connectivity index (χ3v) is 3.83. The molecule has 0 radical (unpaired) electrons. The molecule has 0 bridgehead atoms. The zero-order valence-electron chi connectivity index (χ0n) is 11.7. The largest absolute Gasteiger partial charge is 0.504 e.